The van der Waals surface area contributed by atoms with E-state index in [-0.39, 0.29) is 12.2 Å². The molecule has 0 amide bonds. The number of hydrogen-bond acceptors (Lipinski definition) is 3. The molecule has 1 aliphatic rings. The summed E-state index contributed by atoms with van der Waals surface area (Å²) >= 11 is 0. The van der Waals surface area contributed by atoms with Crippen LogP contribution in [0, 0.1) is 5.92 Å². The van der Waals surface area contributed by atoms with Crippen molar-refractivity contribution in [2.45, 2.75) is 200 Å². The zero-order valence-electron chi connectivity index (χ0n) is 29.4. The van der Waals surface area contributed by atoms with Gasteiger partial charge in [0.05, 0.1) is 18.0 Å². The van der Waals surface area contributed by atoms with Gasteiger partial charge in [-0.25, -0.2) is 0 Å². The van der Waals surface area contributed by atoms with Gasteiger partial charge in [0.1, 0.15) is 6.10 Å². The third-order valence-corrected chi connectivity index (χ3v) is 9.01. The van der Waals surface area contributed by atoms with Crippen molar-refractivity contribution in [3.05, 3.63) is 36.6 Å². The van der Waals surface area contributed by atoms with Crippen LogP contribution in [0.1, 0.15) is 182 Å². The Bertz CT molecular complexity index is 669. The highest BCUT2D eigenvalue weighted by Gasteiger charge is 2.36. The van der Waals surface area contributed by atoms with Gasteiger partial charge in [0, 0.05) is 26.1 Å². The lowest BCUT2D eigenvalue weighted by molar-refractivity contribution is 0.0309. The summed E-state index contributed by atoms with van der Waals surface area (Å²) < 4.78 is 18.9. The van der Waals surface area contributed by atoms with Crippen LogP contribution < -0.4 is 0 Å². The molecule has 3 nitrogen and oxygen atoms in total. The SMILES string of the molecule is C=C(CCC(C)OCCCCCCCC)OC1CC(OCCCC)CC1CCCCCCC/C=C\C/C=C\CCCCC. The van der Waals surface area contributed by atoms with Crippen LogP contribution in [0.25, 0.3) is 0 Å². The molecule has 4 atom stereocenters. The standard InChI is InChI=1S/C40H74O3/c1-6-9-12-14-16-17-18-19-20-21-22-23-24-25-27-29-38-34-39(42-32-11-8-3)35-40(38)43-37(5)31-30-36(4)41-33-28-26-15-13-10-7-2/h16-17,19-20,36,38-40H,5-15,18,21-35H2,1-4H3/b17-16-,20-19-. The van der Waals surface area contributed by atoms with E-state index in [1.165, 1.54) is 116 Å². The van der Waals surface area contributed by atoms with Crippen molar-refractivity contribution in [2.24, 2.45) is 5.92 Å². The summed E-state index contributed by atoms with van der Waals surface area (Å²) in [5.74, 6) is 1.54. The predicted octanol–water partition coefficient (Wildman–Crippen LogP) is 12.8. The van der Waals surface area contributed by atoms with E-state index in [0.29, 0.717) is 12.0 Å². The molecule has 0 aliphatic heterocycles. The molecular weight excluding hydrogens is 528 g/mol. The summed E-state index contributed by atoms with van der Waals surface area (Å²) in [5.41, 5.74) is 0. The molecule has 43 heavy (non-hydrogen) atoms. The van der Waals surface area contributed by atoms with Crippen LogP contribution >= 0.6 is 0 Å². The average molecular weight is 603 g/mol. The zero-order valence-corrected chi connectivity index (χ0v) is 29.4. The number of hydrogen-bond donors (Lipinski definition) is 0. The van der Waals surface area contributed by atoms with Gasteiger partial charge in [-0.1, -0.05) is 129 Å². The van der Waals surface area contributed by atoms with Gasteiger partial charge in [-0.3, -0.25) is 0 Å². The van der Waals surface area contributed by atoms with E-state index in [9.17, 15) is 0 Å². The van der Waals surface area contributed by atoms with Crippen LogP contribution in [-0.2, 0) is 14.2 Å². The lowest BCUT2D eigenvalue weighted by atomic mass is 9.97. The molecule has 0 aromatic heterocycles. The second-order valence-electron chi connectivity index (χ2n) is 13.3. The molecule has 1 saturated carbocycles. The Labute approximate surface area is 269 Å². The van der Waals surface area contributed by atoms with Crippen LogP contribution in [0.3, 0.4) is 0 Å². The summed E-state index contributed by atoms with van der Waals surface area (Å²) in [4.78, 5) is 0. The van der Waals surface area contributed by atoms with Crippen molar-refractivity contribution in [2.75, 3.05) is 13.2 Å². The predicted molar refractivity (Wildman–Crippen MR) is 189 cm³/mol. The normalized spacial score (nSPS) is 19.6. The molecule has 0 aromatic carbocycles. The fraction of sp³-hybridized carbons (Fsp3) is 0.850. The fourth-order valence-electron chi connectivity index (χ4n) is 6.12. The Morgan fingerprint density at radius 2 is 1.30 bits per heavy atom. The molecule has 252 valence electrons. The average Bonchev–Trinajstić information content (AvgIpc) is 3.38. The van der Waals surface area contributed by atoms with E-state index in [2.05, 4.69) is 58.6 Å². The van der Waals surface area contributed by atoms with Gasteiger partial charge in [0.25, 0.3) is 0 Å². The first kappa shape index (κ1) is 40.0. The Hall–Kier alpha value is -1.06. The Morgan fingerprint density at radius 1 is 0.698 bits per heavy atom. The Morgan fingerprint density at radius 3 is 2.02 bits per heavy atom. The van der Waals surface area contributed by atoms with Crippen molar-refractivity contribution in [1.82, 2.24) is 0 Å². The third kappa shape index (κ3) is 23.9. The topological polar surface area (TPSA) is 27.7 Å². The highest BCUT2D eigenvalue weighted by molar-refractivity contribution is 4.93. The van der Waals surface area contributed by atoms with Crippen LogP contribution in [0.5, 0.6) is 0 Å². The van der Waals surface area contributed by atoms with Crippen molar-refractivity contribution in [3.8, 4) is 0 Å². The van der Waals surface area contributed by atoms with Gasteiger partial charge in [-0.05, 0) is 77.0 Å². The van der Waals surface area contributed by atoms with Crippen LogP contribution in [0.4, 0.5) is 0 Å². The molecule has 1 rings (SSSR count). The molecule has 0 heterocycles. The maximum atomic E-state index is 6.52. The number of ether oxygens (including phenoxy) is 3. The molecule has 3 heteroatoms. The van der Waals surface area contributed by atoms with E-state index < -0.39 is 0 Å². The molecule has 0 spiro atoms. The monoisotopic (exact) mass is 603 g/mol. The lowest BCUT2D eigenvalue weighted by Gasteiger charge is -2.23. The Kier molecular flexibility index (Phi) is 27.5. The van der Waals surface area contributed by atoms with Gasteiger partial charge in [-0.2, -0.15) is 0 Å². The van der Waals surface area contributed by atoms with Crippen LogP contribution in [0.15, 0.2) is 36.6 Å². The van der Waals surface area contributed by atoms with Crippen molar-refractivity contribution < 1.29 is 14.2 Å². The lowest BCUT2D eigenvalue weighted by Crippen LogP contribution is -2.19. The first-order valence-corrected chi connectivity index (χ1v) is 19.0. The number of allylic oxidation sites excluding steroid dienone is 5. The fourth-order valence-corrected chi connectivity index (χ4v) is 6.12. The van der Waals surface area contributed by atoms with Crippen molar-refractivity contribution in [3.63, 3.8) is 0 Å². The summed E-state index contributed by atoms with van der Waals surface area (Å²) in [6, 6.07) is 0. The van der Waals surface area contributed by atoms with E-state index in [1.54, 1.807) is 0 Å². The van der Waals surface area contributed by atoms with Gasteiger partial charge < -0.3 is 14.2 Å². The molecule has 4 unspecified atom stereocenters. The van der Waals surface area contributed by atoms with E-state index in [1.807, 2.05) is 0 Å². The largest absolute Gasteiger partial charge is 0.495 e. The molecule has 0 saturated heterocycles. The summed E-state index contributed by atoms with van der Waals surface area (Å²) in [7, 11) is 0. The number of unbranched alkanes of at least 4 members (excludes halogenated alkanes) is 14. The molecular formula is C40H74O3. The van der Waals surface area contributed by atoms with E-state index in [4.69, 9.17) is 14.2 Å². The minimum Gasteiger partial charge on any atom is -0.495 e. The van der Waals surface area contributed by atoms with E-state index in [0.717, 1.165) is 57.5 Å². The zero-order chi connectivity index (χ0) is 31.2. The second-order valence-corrected chi connectivity index (χ2v) is 13.3. The van der Waals surface area contributed by atoms with Gasteiger partial charge >= 0.3 is 0 Å². The van der Waals surface area contributed by atoms with Gasteiger partial charge in [0.2, 0.25) is 0 Å². The van der Waals surface area contributed by atoms with Gasteiger partial charge in [0.15, 0.2) is 0 Å². The summed E-state index contributed by atoms with van der Waals surface area (Å²) in [5, 5.41) is 0. The second kappa shape index (κ2) is 29.6. The van der Waals surface area contributed by atoms with Crippen molar-refractivity contribution in [1.29, 1.82) is 0 Å². The molecule has 0 bridgehead atoms. The maximum Gasteiger partial charge on any atom is 0.104 e. The molecule has 1 aliphatic carbocycles. The molecule has 0 radical (unpaired) electrons. The molecule has 1 fully saturated rings. The summed E-state index contributed by atoms with van der Waals surface area (Å²) in [6.07, 6.45) is 40.0. The highest BCUT2D eigenvalue weighted by atomic mass is 16.5. The summed E-state index contributed by atoms with van der Waals surface area (Å²) in [6.45, 7) is 15.1. The van der Waals surface area contributed by atoms with Crippen molar-refractivity contribution >= 4 is 0 Å². The number of rotatable bonds is 31. The Balaban J connectivity index is 2.24. The first-order chi connectivity index (χ1) is 21.1. The minimum absolute atomic E-state index is 0.268. The van der Waals surface area contributed by atoms with E-state index >= 15 is 0 Å². The first-order valence-electron chi connectivity index (χ1n) is 19.0. The van der Waals surface area contributed by atoms with Gasteiger partial charge in [-0.15, -0.1) is 0 Å². The van der Waals surface area contributed by atoms with Crippen LogP contribution in [0.2, 0.25) is 0 Å². The minimum atomic E-state index is 0.268. The smallest absolute Gasteiger partial charge is 0.104 e. The van der Waals surface area contributed by atoms with Crippen LogP contribution in [-0.4, -0.2) is 31.5 Å². The molecule has 0 N–H and O–H groups in total. The third-order valence-electron chi connectivity index (χ3n) is 9.01. The molecule has 0 aromatic rings. The highest BCUT2D eigenvalue weighted by Crippen LogP contribution is 2.36. The quantitative estimate of drug-likeness (QED) is 0.0449. The maximum absolute atomic E-state index is 6.52.